The number of thiazole rings is 1. The summed E-state index contributed by atoms with van der Waals surface area (Å²) in [4.78, 5) is 16.5. The molecule has 0 spiro atoms. The number of carbonyl (C=O) groups excluding carboxylic acids is 1. The van der Waals surface area contributed by atoms with Crippen molar-refractivity contribution < 1.29 is 9.53 Å². The second-order valence-electron chi connectivity index (χ2n) is 5.77. The number of carbonyl (C=O) groups is 1. The van der Waals surface area contributed by atoms with Gasteiger partial charge in [-0.05, 0) is 24.6 Å². The van der Waals surface area contributed by atoms with Crippen LogP contribution in [0.4, 0.5) is 0 Å². The Morgan fingerprint density at radius 2 is 1.88 bits per heavy atom. The van der Waals surface area contributed by atoms with Crippen molar-refractivity contribution in [3.05, 3.63) is 81.8 Å². The summed E-state index contributed by atoms with van der Waals surface area (Å²) < 4.78 is 5.47. The quantitative estimate of drug-likeness (QED) is 0.705. The molecule has 1 amide bonds. The molecule has 0 saturated carbocycles. The Kier molecular flexibility index (Phi) is 5.80. The number of aryl methyl sites for hydroxylation is 1. The minimum Gasteiger partial charge on any atom is -0.484 e. The molecule has 0 aliphatic rings. The first kappa shape index (κ1) is 17.2. The van der Waals surface area contributed by atoms with Crippen LogP contribution in [0, 0.1) is 6.92 Å². The Hall–Kier alpha value is -2.66. The van der Waals surface area contributed by atoms with Gasteiger partial charge in [0.25, 0.3) is 5.91 Å². The molecule has 0 atom stereocenters. The second kappa shape index (κ2) is 8.44. The van der Waals surface area contributed by atoms with Crippen molar-refractivity contribution in [3.63, 3.8) is 0 Å². The number of ether oxygens (including phenoxy) is 1. The van der Waals surface area contributed by atoms with E-state index in [1.807, 2.05) is 54.8 Å². The van der Waals surface area contributed by atoms with Gasteiger partial charge < -0.3 is 10.1 Å². The van der Waals surface area contributed by atoms with Crippen LogP contribution in [0.2, 0.25) is 0 Å². The van der Waals surface area contributed by atoms with E-state index in [9.17, 15) is 4.79 Å². The lowest BCUT2D eigenvalue weighted by molar-refractivity contribution is -0.123. The maximum atomic E-state index is 11.9. The van der Waals surface area contributed by atoms with E-state index in [1.54, 1.807) is 11.3 Å². The van der Waals surface area contributed by atoms with Crippen molar-refractivity contribution in [2.24, 2.45) is 0 Å². The maximum absolute atomic E-state index is 11.9. The molecule has 0 unspecified atom stereocenters. The highest BCUT2D eigenvalue weighted by Gasteiger charge is 2.06. The van der Waals surface area contributed by atoms with E-state index in [0.717, 1.165) is 22.7 Å². The molecule has 1 aromatic heterocycles. The van der Waals surface area contributed by atoms with Crippen LogP contribution in [-0.2, 0) is 17.8 Å². The number of benzene rings is 2. The van der Waals surface area contributed by atoms with Crippen LogP contribution in [-0.4, -0.2) is 17.5 Å². The normalized spacial score (nSPS) is 10.4. The van der Waals surface area contributed by atoms with Crippen LogP contribution in [0.5, 0.6) is 5.75 Å². The summed E-state index contributed by atoms with van der Waals surface area (Å²) in [5, 5.41) is 5.87. The molecule has 5 heteroatoms. The fourth-order valence-corrected chi connectivity index (χ4v) is 3.13. The highest BCUT2D eigenvalue weighted by atomic mass is 32.1. The number of nitrogens with zero attached hydrogens (tertiary/aromatic N) is 1. The minimum atomic E-state index is -0.154. The molecule has 0 fully saturated rings. The number of amides is 1. The lowest BCUT2D eigenvalue weighted by Gasteiger charge is -2.06. The molecule has 1 N–H and O–H groups in total. The molecule has 0 aliphatic carbocycles. The van der Waals surface area contributed by atoms with Gasteiger partial charge in [0.2, 0.25) is 0 Å². The van der Waals surface area contributed by atoms with Crippen LogP contribution in [0.25, 0.3) is 0 Å². The second-order valence-corrected chi connectivity index (χ2v) is 6.72. The van der Waals surface area contributed by atoms with E-state index in [-0.39, 0.29) is 12.5 Å². The van der Waals surface area contributed by atoms with Crippen molar-refractivity contribution >= 4 is 17.2 Å². The van der Waals surface area contributed by atoms with Gasteiger partial charge in [0.1, 0.15) is 5.75 Å². The van der Waals surface area contributed by atoms with Crippen molar-refractivity contribution in [1.29, 1.82) is 0 Å². The van der Waals surface area contributed by atoms with Crippen molar-refractivity contribution in [3.8, 4) is 5.75 Å². The average molecular weight is 352 g/mol. The molecule has 2 aromatic carbocycles. The van der Waals surface area contributed by atoms with E-state index in [2.05, 4.69) is 22.4 Å². The van der Waals surface area contributed by atoms with E-state index in [0.29, 0.717) is 12.3 Å². The fourth-order valence-electron chi connectivity index (χ4n) is 2.31. The molecule has 0 radical (unpaired) electrons. The van der Waals surface area contributed by atoms with Crippen LogP contribution < -0.4 is 10.1 Å². The minimum absolute atomic E-state index is 0.00404. The third kappa shape index (κ3) is 5.43. The van der Waals surface area contributed by atoms with Gasteiger partial charge in [0.15, 0.2) is 6.61 Å². The Bertz CT molecular complexity index is 813. The number of hydrogen-bond donors (Lipinski definition) is 1. The van der Waals surface area contributed by atoms with Crippen molar-refractivity contribution in [2.45, 2.75) is 19.9 Å². The highest BCUT2D eigenvalue weighted by molar-refractivity contribution is 7.09. The first-order valence-corrected chi connectivity index (χ1v) is 9.00. The lowest BCUT2D eigenvalue weighted by Crippen LogP contribution is -2.28. The number of hydrogen-bond acceptors (Lipinski definition) is 4. The molecule has 0 saturated heterocycles. The summed E-state index contributed by atoms with van der Waals surface area (Å²) in [5.41, 5.74) is 3.27. The number of aromatic nitrogens is 1. The summed E-state index contributed by atoms with van der Waals surface area (Å²) in [5.74, 6) is 0.540. The smallest absolute Gasteiger partial charge is 0.258 e. The first-order valence-electron chi connectivity index (χ1n) is 8.12. The summed E-state index contributed by atoms with van der Waals surface area (Å²) in [7, 11) is 0. The van der Waals surface area contributed by atoms with Gasteiger partial charge in [-0.25, -0.2) is 4.98 Å². The molecular weight excluding hydrogens is 332 g/mol. The third-order valence-electron chi connectivity index (χ3n) is 3.66. The lowest BCUT2D eigenvalue weighted by atomic mass is 10.2. The Morgan fingerprint density at radius 3 is 2.64 bits per heavy atom. The van der Waals surface area contributed by atoms with Gasteiger partial charge in [-0.3, -0.25) is 4.79 Å². The molecule has 3 rings (SSSR count). The maximum Gasteiger partial charge on any atom is 0.258 e. The molecule has 4 nitrogen and oxygen atoms in total. The predicted octanol–water partition coefficient (Wildman–Crippen LogP) is 3.74. The largest absolute Gasteiger partial charge is 0.484 e. The average Bonchev–Trinajstić information content (AvgIpc) is 3.08. The SMILES string of the molecule is Cc1ccc(OCC(=O)NCc2csc(Cc3ccccc3)n2)cc1. The summed E-state index contributed by atoms with van der Waals surface area (Å²) >= 11 is 1.61. The van der Waals surface area contributed by atoms with Crippen LogP contribution in [0.3, 0.4) is 0 Å². The molecule has 1 heterocycles. The summed E-state index contributed by atoms with van der Waals surface area (Å²) in [6.45, 7) is 2.43. The first-order chi connectivity index (χ1) is 12.2. The third-order valence-corrected chi connectivity index (χ3v) is 4.55. The van der Waals surface area contributed by atoms with Crippen molar-refractivity contribution in [1.82, 2.24) is 10.3 Å². The van der Waals surface area contributed by atoms with E-state index in [4.69, 9.17) is 4.74 Å². The summed E-state index contributed by atoms with van der Waals surface area (Å²) in [6, 6.07) is 17.9. The molecule has 0 aliphatic heterocycles. The van der Waals surface area contributed by atoms with Crippen molar-refractivity contribution in [2.75, 3.05) is 6.61 Å². The number of nitrogens with one attached hydrogen (secondary N) is 1. The van der Waals surface area contributed by atoms with E-state index < -0.39 is 0 Å². The molecular formula is C20H20N2O2S. The number of rotatable bonds is 7. The Labute approximate surface area is 151 Å². The zero-order valence-corrected chi connectivity index (χ0v) is 14.9. The van der Waals surface area contributed by atoms with Gasteiger partial charge in [0.05, 0.1) is 17.2 Å². The van der Waals surface area contributed by atoms with Gasteiger partial charge >= 0.3 is 0 Å². The molecule has 0 bridgehead atoms. The summed E-state index contributed by atoms with van der Waals surface area (Å²) in [6.07, 6.45) is 0.815. The van der Waals surface area contributed by atoms with Crippen LogP contribution in [0.1, 0.15) is 21.8 Å². The van der Waals surface area contributed by atoms with Gasteiger partial charge in [-0.15, -0.1) is 11.3 Å². The highest BCUT2D eigenvalue weighted by Crippen LogP contribution is 2.15. The molecule has 25 heavy (non-hydrogen) atoms. The van der Waals surface area contributed by atoms with E-state index >= 15 is 0 Å². The Balaban J connectivity index is 1.43. The van der Waals surface area contributed by atoms with Crippen LogP contribution >= 0.6 is 11.3 Å². The van der Waals surface area contributed by atoms with Gasteiger partial charge in [-0.2, -0.15) is 0 Å². The van der Waals surface area contributed by atoms with Gasteiger partial charge in [-0.1, -0.05) is 48.0 Å². The monoisotopic (exact) mass is 352 g/mol. The zero-order chi connectivity index (χ0) is 17.5. The standard InChI is InChI=1S/C20H20N2O2S/c1-15-7-9-18(10-8-15)24-13-19(23)21-12-17-14-25-20(22-17)11-16-5-3-2-4-6-16/h2-10,14H,11-13H2,1H3,(H,21,23). The fraction of sp³-hybridized carbons (Fsp3) is 0.200. The van der Waals surface area contributed by atoms with E-state index in [1.165, 1.54) is 5.56 Å². The zero-order valence-electron chi connectivity index (χ0n) is 14.1. The van der Waals surface area contributed by atoms with Gasteiger partial charge in [0, 0.05) is 11.8 Å². The van der Waals surface area contributed by atoms with Crippen LogP contribution in [0.15, 0.2) is 60.0 Å². The molecule has 128 valence electrons. The predicted molar refractivity (Wildman–Crippen MR) is 99.9 cm³/mol. The Morgan fingerprint density at radius 1 is 1.12 bits per heavy atom. The topological polar surface area (TPSA) is 51.2 Å². The molecule has 3 aromatic rings.